The molecule has 0 radical (unpaired) electrons. The lowest BCUT2D eigenvalue weighted by atomic mass is 9.85. The molecule has 0 atom stereocenters. The Morgan fingerprint density at radius 2 is 2.00 bits per heavy atom. The third kappa shape index (κ3) is 4.07. The highest BCUT2D eigenvalue weighted by molar-refractivity contribution is 9.10. The number of hydrogen-bond donors (Lipinski definition) is 2. The first-order valence-electron chi connectivity index (χ1n) is 9.50. The number of nitrogens with zero attached hydrogens (tertiary/aromatic N) is 1. The molecule has 0 aliphatic heterocycles. The van der Waals surface area contributed by atoms with Crippen molar-refractivity contribution in [2.24, 2.45) is 5.92 Å². The van der Waals surface area contributed by atoms with E-state index in [1.807, 2.05) is 22.8 Å². The number of anilines is 1. The van der Waals surface area contributed by atoms with Crippen LogP contribution in [0.2, 0.25) is 5.02 Å². The van der Waals surface area contributed by atoms with Crippen LogP contribution in [0.3, 0.4) is 0 Å². The first-order chi connectivity index (χ1) is 14.0. The van der Waals surface area contributed by atoms with E-state index in [0.29, 0.717) is 16.5 Å². The molecule has 1 amide bonds. The summed E-state index contributed by atoms with van der Waals surface area (Å²) in [5.41, 5.74) is 2.22. The zero-order valence-electron chi connectivity index (χ0n) is 15.9. The van der Waals surface area contributed by atoms with Gasteiger partial charge >= 0.3 is 5.69 Å². The molecule has 0 saturated heterocycles. The molecule has 6 nitrogen and oxygen atoms in total. The van der Waals surface area contributed by atoms with E-state index in [9.17, 15) is 9.59 Å². The van der Waals surface area contributed by atoms with Crippen molar-refractivity contribution in [1.82, 2.24) is 9.55 Å². The van der Waals surface area contributed by atoms with Crippen LogP contribution in [0.15, 0.2) is 45.7 Å². The number of amides is 1. The predicted molar refractivity (Wildman–Crippen MR) is 118 cm³/mol. The summed E-state index contributed by atoms with van der Waals surface area (Å²) in [4.78, 5) is 28.2. The Bertz CT molecular complexity index is 1120. The smallest absolute Gasteiger partial charge is 0.326 e. The van der Waals surface area contributed by atoms with E-state index in [4.69, 9.17) is 16.3 Å². The normalized spacial score (nSPS) is 19.3. The number of H-pyrrole nitrogens is 1. The number of halogens is 2. The fourth-order valence-corrected chi connectivity index (χ4v) is 4.75. The van der Waals surface area contributed by atoms with Crippen LogP contribution < -0.4 is 15.7 Å². The van der Waals surface area contributed by atoms with E-state index >= 15 is 0 Å². The molecule has 29 heavy (non-hydrogen) atoms. The molecule has 2 aromatic carbocycles. The molecule has 1 aliphatic carbocycles. The number of para-hydroxylation sites is 1. The molecule has 3 aromatic rings. The topological polar surface area (TPSA) is 76.1 Å². The fourth-order valence-electron chi connectivity index (χ4n) is 4.07. The van der Waals surface area contributed by atoms with Crippen LogP contribution in [0.25, 0.3) is 11.0 Å². The first-order valence-corrected chi connectivity index (χ1v) is 10.7. The van der Waals surface area contributed by atoms with Gasteiger partial charge < -0.3 is 15.0 Å². The number of benzene rings is 2. The summed E-state index contributed by atoms with van der Waals surface area (Å²) >= 11 is 9.57. The Hall–Kier alpha value is -2.25. The van der Waals surface area contributed by atoms with Gasteiger partial charge in [0.05, 0.1) is 18.1 Å². The number of carbonyl (C=O) groups is 1. The highest BCUT2D eigenvalue weighted by atomic mass is 79.9. The SMILES string of the molecule is COc1cc(Cl)cc(NC(=O)[C@H]2CC[C@@H](n3c(=O)[nH]c4c(Br)cccc43)CC2)c1. The van der Waals surface area contributed by atoms with Crippen molar-refractivity contribution in [2.45, 2.75) is 31.7 Å². The summed E-state index contributed by atoms with van der Waals surface area (Å²) < 4.78 is 7.90. The molecule has 1 aromatic heterocycles. The quantitative estimate of drug-likeness (QED) is 0.546. The predicted octanol–water partition coefficient (Wildman–Crippen LogP) is 5.12. The van der Waals surface area contributed by atoms with Gasteiger partial charge in [-0.05, 0) is 65.9 Å². The summed E-state index contributed by atoms with van der Waals surface area (Å²) in [5, 5.41) is 3.45. The second-order valence-electron chi connectivity index (χ2n) is 7.31. The molecule has 1 fully saturated rings. The zero-order valence-corrected chi connectivity index (χ0v) is 18.2. The molecule has 8 heteroatoms. The van der Waals surface area contributed by atoms with Crippen LogP contribution in [0, 0.1) is 5.92 Å². The van der Waals surface area contributed by atoms with Crippen LogP contribution in [0.1, 0.15) is 31.7 Å². The van der Waals surface area contributed by atoms with Crippen LogP contribution in [0.4, 0.5) is 5.69 Å². The Labute approximate surface area is 181 Å². The molecule has 1 saturated carbocycles. The largest absolute Gasteiger partial charge is 0.497 e. The van der Waals surface area contributed by atoms with Crippen LogP contribution in [0.5, 0.6) is 5.75 Å². The summed E-state index contributed by atoms with van der Waals surface area (Å²) in [6.07, 6.45) is 3.00. The lowest BCUT2D eigenvalue weighted by molar-refractivity contribution is -0.121. The third-order valence-electron chi connectivity index (χ3n) is 5.51. The second-order valence-corrected chi connectivity index (χ2v) is 8.60. The summed E-state index contributed by atoms with van der Waals surface area (Å²) in [6, 6.07) is 11.0. The molecule has 2 N–H and O–H groups in total. The number of rotatable bonds is 4. The number of aromatic amines is 1. The molecule has 1 aliphatic rings. The lowest BCUT2D eigenvalue weighted by Gasteiger charge is -2.28. The monoisotopic (exact) mass is 477 g/mol. The average Bonchev–Trinajstić information content (AvgIpc) is 3.05. The van der Waals surface area contributed by atoms with Gasteiger partial charge in [-0.15, -0.1) is 0 Å². The highest BCUT2D eigenvalue weighted by Crippen LogP contribution is 2.35. The maximum absolute atomic E-state index is 12.7. The Morgan fingerprint density at radius 1 is 1.24 bits per heavy atom. The van der Waals surface area contributed by atoms with E-state index < -0.39 is 0 Å². The van der Waals surface area contributed by atoms with E-state index in [1.165, 1.54) is 0 Å². The molecule has 0 unspecified atom stereocenters. The van der Waals surface area contributed by atoms with Crippen molar-refractivity contribution in [2.75, 3.05) is 12.4 Å². The van der Waals surface area contributed by atoms with E-state index in [2.05, 4.69) is 26.2 Å². The average molecular weight is 479 g/mol. The van der Waals surface area contributed by atoms with Crippen LogP contribution in [-0.2, 0) is 4.79 Å². The number of nitrogens with one attached hydrogen (secondary N) is 2. The number of ether oxygens (including phenoxy) is 1. The van der Waals surface area contributed by atoms with Gasteiger partial charge in [0.15, 0.2) is 0 Å². The summed E-state index contributed by atoms with van der Waals surface area (Å²) in [7, 11) is 1.56. The van der Waals surface area contributed by atoms with Crippen molar-refractivity contribution >= 4 is 50.2 Å². The Morgan fingerprint density at radius 3 is 2.72 bits per heavy atom. The minimum atomic E-state index is -0.106. The Balaban J connectivity index is 1.45. The number of hydrogen-bond acceptors (Lipinski definition) is 3. The minimum Gasteiger partial charge on any atom is -0.497 e. The van der Waals surface area contributed by atoms with Gasteiger partial charge in [0, 0.05) is 33.2 Å². The number of methoxy groups -OCH3 is 1. The molecular formula is C21H21BrClN3O3. The molecule has 152 valence electrons. The minimum absolute atomic E-state index is 0.0261. The van der Waals surface area contributed by atoms with Gasteiger partial charge in [-0.2, -0.15) is 0 Å². The molecular weight excluding hydrogens is 458 g/mol. The van der Waals surface area contributed by atoms with Gasteiger partial charge in [0.25, 0.3) is 0 Å². The van der Waals surface area contributed by atoms with E-state index in [0.717, 1.165) is 41.2 Å². The number of fused-ring (bicyclic) bond motifs is 1. The maximum Gasteiger partial charge on any atom is 0.326 e. The van der Waals surface area contributed by atoms with Gasteiger partial charge in [-0.25, -0.2) is 4.79 Å². The van der Waals surface area contributed by atoms with Crippen molar-refractivity contribution in [1.29, 1.82) is 0 Å². The van der Waals surface area contributed by atoms with Crippen LogP contribution >= 0.6 is 27.5 Å². The standard InChI is InChI=1S/C21H21BrClN3O3/c1-29-16-10-13(23)9-14(11-16)24-20(27)12-5-7-15(8-6-12)26-18-4-2-3-17(22)19(18)25-21(26)28/h2-4,9-12,15H,5-8H2,1H3,(H,24,27)(H,25,28)/t12-,15+. The van der Waals surface area contributed by atoms with Crippen molar-refractivity contribution < 1.29 is 9.53 Å². The molecule has 4 rings (SSSR count). The van der Waals surface area contributed by atoms with E-state index in [-0.39, 0.29) is 23.6 Å². The summed E-state index contributed by atoms with van der Waals surface area (Å²) in [6.45, 7) is 0. The van der Waals surface area contributed by atoms with E-state index in [1.54, 1.807) is 25.3 Å². The fraction of sp³-hybridized carbons (Fsp3) is 0.333. The first kappa shape index (κ1) is 20.0. The van der Waals surface area contributed by atoms with Gasteiger partial charge in [-0.1, -0.05) is 17.7 Å². The molecule has 1 heterocycles. The van der Waals surface area contributed by atoms with Crippen molar-refractivity contribution in [3.63, 3.8) is 0 Å². The third-order valence-corrected chi connectivity index (χ3v) is 6.39. The number of aromatic nitrogens is 2. The van der Waals surface area contributed by atoms with Crippen molar-refractivity contribution in [3.8, 4) is 5.75 Å². The molecule has 0 bridgehead atoms. The van der Waals surface area contributed by atoms with Gasteiger partial charge in [0.1, 0.15) is 5.75 Å². The van der Waals surface area contributed by atoms with Gasteiger partial charge in [0.2, 0.25) is 5.91 Å². The Kier molecular flexibility index (Phi) is 5.69. The second kappa shape index (κ2) is 8.24. The van der Waals surface area contributed by atoms with Crippen LogP contribution in [-0.4, -0.2) is 22.6 Å². The molecule has 0 spiro atoms. The lowest BCUT2D eigenvalue weighted by Crippen LogP contribution is -2.31. The summed E-state index contributed by atoms with van der Waals surface area (Å²) in [5.74, 6) is 0.479. The highest BCUT2D eigenvalue weighted by Gasteiger charge is 2.29. The zero-order chi connectivity index (χ0) is 20.5. The van der Waals surface area contributed by atoms with Crippen molar-refractivity contribution in [3.05, 3.63) is 56.4 Å². The number of imidazole rings is 1. The van der Waals surface area contributed by atoms with Gasteiger partial charge in [-0.3, -0.25) is 9.36 Å². The number of carbonyl (C=O) groups excluding carboxylic acids is 1. The maximum atomic E-state index is 12.7.